The molecule has 0 aliphatic rings. The van der Waals surface area contributed by atoms with Crippen molar-refractivity contribution in [2.45, 2.75) is 13.3 Å². The van der Waals surface area contributed by atoms with E-state index >= 15 is 0 Å². The zero-order valence-corrected chi connectivity index (χ0v) is 17.1. The highest BCUT2D eigenvalue weighted by molar-refractivity contribution is 6.06. The van der Waals surface area contributed by atoms with Gasteiger partial charge in [-0.05, 0) is 55.5 Å². The van der Waals surface area contributed by atoms with E-state index in [-0.39, 0.29) is 11.4 Å². The third-order valence-corrected chi connectivity index (χ3v) is 4.28. The molecule has 0 radical (unpaired) electrons. The molecule has 1 N–H and O–H groups in total. The summed E-state index contributed by atoms with van der Waals surface area (Å²) in [5.74, 6) is -0.139. The molecule has 33 heavy (non-hydrogen) atoms. The lowest BCUT2D eigenvalue weighted by Crippen LogP contribution is -2.20. The van der Waals surface area contributed by atoms with Gasteiger partial charge in [0.1, 0.15) is 11.5 Å². The van der Waals surface area contributed by atoms with Crippen LogP contribution in [-0.2, 0) is 0 Å². The van der Waals surface area contributed by atoms with Crippen molar-refractivity contribution in [1.82, 2.24) is 20.0 Å². The van der Waals surface area contributed by atoms with Crippen molar-refractivity contribution >= 4 is 11.6 Å². The number of nitrogens with zero attached hydrogens (tertiary/aromatic N) is 4. The number of benzene rings is 2. The molecule has 1 amide bonds. The van der Waals surface area contributed by atoms with E-state index in [0.717, 1.165) is 11.8 Å². The quantitative estimate of drug-likeness (QED) is 0.444. The number of carbonyl (C=O) groups excluding carboxylic acids is 1. The Balaban J connectivity index is 1.40. The highest BCUT2D eigenvalue weighted by Gasteiger charge is 2.32. The van der Waals surface area contributed by atoms with Gasteiger partial charge >= 0.3 is 6.36 Å². The fourth-order valence-corrected chi connectivity index (χ4v) is 2.83. The van der Waals surface area contributed by atoms with Crippen LogP contribution in [0.1, 0.15) is 16.1 Å². The summed E-state index contributed by atoms with van der Waals surface area (Å²) >= 11 is 0. The first-order valence-electron chi connectivity index (χ1n) is 9.57. The summed E-state index contributed by atoms with van der Waals surface area (Å²) in [6.45, 7) is 1.86. The van der Waals surface area contributed by atoms with Gasteiger partial charge in [-0.15, -0.1) is 23.4 Å². The van der Waals surface area contributed by atoms with Crippen LogP contribution < -0.4 is 14.8 Å². The number of aryl methyl sites for hydroxylation is 1. The van der Waals surface area contributed by atoms with Crippen LogP contribution in [0.5, 0.6) is 17.4 Å². The SMILES string of the molecule is Cc1ccn(-c2ccc(Oc3ccc(NC(=O)c4ccccc4OC(F)(F)F)cc3)nn2)n1. The van der Waals surface area contributed by atoms with Gasteiger partial charge in [-0.3, -0.25) is 4.79 Å². The largest absolute Gasteiger partial charge is 0.573 e. The highest BCUT2D eigenvalue weighted by Crippen LogP contribution is 2.27. The number of nitrogens with one attached hydrogen (secondary N) is 1. The maximum atomic E-state index is 12.6. The summed E-state index contributed by atoms with van der Waals surface area (Å²) in [6, 6.07) is 16.5. The van der Waals surface area contributed by atoms with Crippen molar-refractivity contribution in [3.05, 3.63) is 84.2 Å². The first-order valence-corrected chi connectivity index (χ1v) is 9.57. The predicted molar refractivity (Wildman–Crippen MR) is 111 cm³/mol. The van der Waals surface area contributed by atoms with Crippen molar-refractivity contribution in [3.63, 3.8) is 0 Å². The molecule has 0 unspecified atom stereocenters. The Morgan fingerprint density at radius 3 is 2.36 bits per heavy atom. The first kappa shape index (κ1) is 21.8. The van der Waals surface area contributed by atoms with E-state index in [1.807, 2.05) is 13.0 Å². The first-order chi connectivity index (χ1) is 15.8. The van der Waals surface area contributed by atoms with Crippen molar-refractivity contribution in [3.8, 4) is 23.2 Å². The molecule has 4 rings (SSSR count). The molecule has 0 aliphatic heterocycles. The van der Waals surface area contributed by atoms with Gasteiger partial charge in [-0.1, -0.05) is 12.1 Å². The Kier molecular flexibility index (Phi) is 5.94. The van der Waals surface area contributed by atoms with E-state index in [0.29, 0.717) is 17.3 Å². The molecule has 4 aromatic rings. The third-order valence-electron chi connectivity index (χ3n) is 4.28. The summed E-state index contributed by atoms with van der Waals surface area (Å²) in [4.78, 5) is 12.4. The van der Waals surface area contributed by atoms with Crippen LogP contribution in [0.25, 0.3) is 5.82 Å². The number of amides is 1. The normalized spacial score (nSPS) is 11.2. The number of hydrogen-bond donors (Lipinski definition) is 1. The molecule has 2 aromatic carbocycles. The summed E-state index contributed by atoms with van der Waals surface area (Å²) in [7, 11) is 0. The van der Waals surface area contributed by atoms with Gasteiger partial charge < -0.3 is 14.8 Å². The number of hydrogen-bond acceptors (Lipinski definition) is 6. The highest BCUT2D eigenvalue weighted by atomic mass is 19.4. The van der Waals surface area contributed by atoms with Crippen LogP contribution >= 0.6 is 0 Å². The average Bonchev–Trinajstić information content (AvgIpc) is 3.21. The molecule has 168 valence electrons. The molecule has 0 spiro atoms. The zero-order valence-electron chi connectivity index (χ0n) is 17.1. The number of para-hydroxylation sites is 1. The standard InChI is InChI=1S/C22H16F3N5O3/c1-14-12-13-30(29-14)19-10-11-20(28-27-19)32-16-8-6-15(7-9-16)26-21(31)17-4-2-3-5-18(17)33-22(23,24)25/h2-13H,1H3,(H,26,31). The van der Waals surface area contributed by atoms with Gasteiger partial charge in [0.25, 0.3) is 5.91 Å². The number of ether oxygens (including phenoxy) is 2. The van der Waals surface area contributed by atoms with E-state index in [1.165, 1.54) is 30.3 Å². The lowest BCUT2D eigenvalue weighted by molar-refractivity contribution is -0.274. The molecular formula is C22H16F3N5O3. The van der Waals surface area contributed by atoms with Gasteiger partial charge in [0, 0.05) is 18.0 Å². The Morgan fingerprint density at radius 1 is 0.970 bits per heavy atom. The van der Waals surface area contributed by atoms with Gasteiger partial charge in [-0.2, -0.15) is 5.10 Å². The minimum Gasteiger partial charge on any atom is -0.438 e. The van der Waals surface area contributed by atoms with E-state index < -0.39 is 18.0 Å². The zero-order chi connectivity index (χ0) is 23.4. The average molecular weight is 455 g/mol. The molecule has 0 bridgehead atoms. The number of aromatic nitrogens is 4. The second-order valence-corrected chi connectivity index (χ2v) is 6.76. The molecule has 0 saturated carbocycles. The molecule has 11 heteroatoms. The topological polar surface area (TPSA) is 91.2 Å². The molecule has 0 saturated heterocycles. The number of rotatable bonds is 6. The lowest BCUT2D eigenvalue weighted by atomic mass is 10.2. The van der Waals surface area contributed by atoms with Gasteiger partial charge in [0.2, 0.25) is 5.88 Å². The summed E-state index contributed by atoms with van der Waals surface area (Å²) in [5, 5.41) is 14.8. The van der Waals surface area contributed by atoms with Crippen molar-refractivity contribution < 1.29 is 27.4 Å². The van der Waals surface area contributed by atoms with Crippen LogP contribution in [0.4, 0.5) is 18.9 Å². The van der Waals surface area contributed by atoms with Crippen molar-refractivity contribution in [1.29, 1.82) is 0 Å². The van der Waals surface area contributed by atoms with Crippen LogP contribution in [0.3, 0.4) is 0 Å². The maximum Gasteiger partial charge on any atom is 0.573 e. The van der Waals surface area contributed by atoms with Crippen molar-refractivity contribution in [2.24, 2.45) is 0 Å². The minimum absolute atomic E-state index is 0.248. The number of anilines is 1. The summed E-state index contributed by atoms with van der Waals surface area (Å²) in [6.07, 6.45) is -3.14. The summed E-state index contributed by atoms with van der Waals surface area (Å²) < 4.78 is 48.8. The van der Waals surface area contributed by atoms with Crippen LogP contribution in [0.2, 0.25) is 0 Å². The third kappa shape index (κ3) is 5.64. The summed E-state index contributed by atoms with van der Waals surface area (Å²) in [5.41, 5.74) is 0.947. The fourth-order valence-electron chi connectivity index (χ4n) is 2.83. The molecule has 0 aliphatic carbocycles. The van der Waals surface area contributed by atoms with Gasteiger partial charge in [0.15, 0.2) is 5.82 Å². The van der Waals surface area contributed by atoms with E-state index in [4.69, 9.17) is 4.74 Å². The van der Waals surface area contributed by atoms with Crippen LogP contribution in [-0.4, -0.2) is 32.2 Å². The number of halogens is 3. The fraction of sp³-hybridized carbons (Fsp3) is 0.0909. The van der Waals surface area contributed by atoms with Crippen molar-refractivity contribution in [2.75, 3.05) is 5.32 Å². The van der Waals surface area contributed by atoms with E-state index in [9.17, 15) is 18.0 Å². The minimum atomic E-state index is -4.91. The smallest absolute Gasteiger partial charge is 0.438 e. The molecule has 8 nitrogen and oxygen atoms in total. The predicted octanol–water partition coefficient (Wildman–Crippen LogP) is 4.91. The monoisotopic (exact) mass is 455 g/mol. The molecule has 2 aromatic heterocycles. The second kappa shape index (κ2) is 8.99. The number of carbonyl (C=O) groups is 1. The molecule has 0 atom stereocenters. The van der Waals surface area contributed by atoms with E-state index in [2.05, 4.69) is 25.3 Å². The molecule has 2 heterocycles. The van der Waals surface area contributed by atoms with Gasteiger partial charge in [-0.25, -0.2) is 4.68 Å². The number of alkyl halides is 3. The maximum absolute atomic E-state index is 12.6. The Hall–Kier alpha value is -4.41. The van der Waals surface area contributed by atoms with Crippen LogP contribution in [0.15, 0.2) is 72.9 Å². The molecule has 0 fully saturated rings. The Morgan fingerprint density at radius 2 is 1.73 bits per heavy atom. The lowest BCUT2D eigenvalue weighted by Gasteiger charge is -2.13. The van der Waals surface area contributed by atoms with Crippen LogP contribution in [0, 0.1) is 6.92 Å². The van der Waals surface area contributed by atoms with E-state index in [1.54, 1.807) is 35.1 Å². The second-order valence-electron chi connectivity index (χ2n) is 6.76. The Bertz CT molecular complexity index is 1260. The Labute approximate surface area is 185 Å². The van der Waals surface area contributed by atoms with Gasteiger partial charge in [0.05, 0.1) is 11.3 Å². The molecular weight excluding hydrogens is 439 g/mol.